The molecule has 0 bridgehead atoms. The third-order valence-corrected chi connectivity index (χ3v) is 4.33. The minimum Gasteiger partial charge on any atom is -0.347 e. The van der Waals surface area contributed by atoms with Crippen LogP contribution in [0.5, 0.6) is 0 Å². The molecule has 1 heterocycles. The molecule has 0 saturated carbocycles. The fourth-order valence-electron chi connectivity index (χ4n) is 1.70. The number of thiazole rings is 1. The van der Waals surface area contributed by atoms with E-state index in [9.17, 15) is 9.59 Å². The second-order valence-electron chi connectivity index (χ2n) is 4.90. The Balaban J connectivity index is 1.95. The molecule has 0 aliphatic heterocycles. The molecule has 0 unspecified atom stereocenters. The van der Waals surface area contributed by atoms with E-state index >= 15 is 0 Å². The predicted octanol–water partition coefficient (Wildman–Crippen LogP) is 2.32. The number of nitrogens with one attached hydrogen (secondary N) is 1. The normalized spacial score (nSPS) is 10.3. The van der Waals surface area contributed by atoms with Gasteiger partial charge in [0.25, 0.3) is 0 Å². The van der Waals surface area contributed by atoms with Crippen LogP contribution in [0.25, 0.3) is 10.6 Å². The van der Waals surface area contributed by atoms with Crippen LogP contribution < -0.4 is 5.32 Å². The molecule has 0 fully saturated rings. The second kappa shape index (κ2) is 7.51. The van der Waals surface area contributed by atoms with Gasteiger partial charge in [-0.05, 0) is 12.1 Å². The Bertz CT molecular complexity index is 685. The molecule has 7 heteroatoms. The van der Waals surface area contributed by atoms with Crippen molar-refractivity contribution in [3.63, 3.8) is 0 Å². The molecule has 1 aromatic heterocycles. The maximum Gasteiger partial charge on any atom is 0.241 e. The lowest BCUT2D eigenvalue weighted by Crippen LogP contribution is -2.36. The molecule has 5 nitrogen and oxygen atoms in total. The van der Waals surface area contributed by atoms with Crippen LogP contribution in [0.1, 0.15) is 5.69 Å². The van der Waals surface area contributed by atoms with E-state index in [1.807, 2.05) is 29.6 Å². The van der Waals surface area contributed by atoms with Gasteiger partial charge >= 0.3 is 0 Å². The summed E-state index contributed by atoms with van der Waals surface area (Å²) in [4.78, 5) is 29.1. The van der Waals surface area contributed by atoms with E-state index in [1.165, 1.54) is 16.2 Å². The van der Waals surface area contributed by atoms with E-state index in [0.717, 1.165) is 15.0 Å². The van der Waals surface area contributed by atoms with Crippen LogP contribution in [-0.2, 0) is 16.0 Å². The van der Waals surface area contributed by atoms with Crippen LogP contribution in [0.15, 0.2) is 34.1 Å². The highest BCUT2D eigenvalue weighted by molar-refractivity contribution is 9.10. The quantitative estimate of drug-likeness (QED) is 0.864. The van der Waals surface area contributed by atoms with E-state index < -0.39 is 0 Å². The average molecular weight is 382 g/mol. The molecule has 22 heavy (non-hydrogen) atoms. The number of hydrogen-bond acceptors (Lipinski definition) is 4. The van der Waals surface area contributed by atoms with E-state index in [1.54, 1.807) is 14.1 Å². The van der Waals surface area contributed by atoms with E-state index in [-0.39, 0.29) is 24.8 Å². The van der Waals surface area contributed by atoms with E-state index in [4.69, 9.17) is 0 Å². The molecule has 1 aromatic carbocycles. The maximum atomic E-state index is 11.8. The third-order valence-electron chi connectivity index (χ3n) is 2.90. The summed E-state index contributed by atoms with van der Waals surface area (Å²) in [5, 5.41) is 5.33. The lowest BCUT2D eigenvalue weighted by molar-refractivity contribution is -0.130. The molecular weight excluding hydrogens is 366 g/mol. The Morgan fingerprint density at radius 2 is 2.14 bits per heavy atom. The molecule has 0 atom stereocenters. The maximum absolute atomic E-state index is 11.8. The average Bonchev–Trinajstić information content (AvgIpc) is 2.93. The number of amides is 2. The Hall–Kier alpha value is -1.73. The predicted molar refractivity (Wildman–Crippen MR) is 90.7 cm³/mol. The molecule has 2 amide bonds. The van der Waals surface area contributed by atoms with Gasteiger partial charge in [-0.3, -0.25) is 9.59 Å². The largest absolute Gasteiger partial charge is 0.347 e. The van der Waals surface area contributed by atoms with Crippen LogP contribution in [0, 0.1) is 0 Å². The van der Waals surface area contributed by atoms with Gasteiger partial charge in [0.05, 0.1) is 18.7 Å². The van der Waals surface area contributed by atoms with Crippen molar-refractivity contribution in [3.05, 3.63) is 39.8 Å². The van der Waals surface area contributed by atoms with Crippen molar-refractivity contribution < 1.29 is 9.59 Å². The molecule has 1 N–H and O–H groups in total. The minimum absolute atomic E-state index is 0.00839. The van der Waals surface area contributed by atoms with Gasteiger partial charge in [-0.25, -0.2) is 4.98 Å². The lowest BCUT2D eigenvalue weighted by Gasteiger charge is -2.10. The molecule has 0 aliphatic carbocycles. The molecule has 0 saturated heterocycles. The minimum atomic E-state index is -0.207. The summed E-state index contributed by atoms with van der Waals surface area (Å²) in [7, 11) is 3.30. The number of aromatic nitrogens is 1. The van der Waals surface area contributed by atoms with Crippen molar-refractivity contribution in [1.29, 1.82) is 0 Å². The summed E-state index contributed by atoms with van der Waals surface area (Å²) in [6.45, 7) is 0.00839. The third kappa shape index (κ3) is 4.64. The van der Waals surface area contributed by atoms with Gasteiger partial charge in [0.2, 0.25) is 11.8 Å². The van der Waals surface area contributed by atoms with Crippen LogP contribution in [0.2, 0.25) is 0 Å². The molecular formula is C15H16BrN3O2S. The Kier molecular flexibility index (Phi) is 5.68. The van der Waals surface area contributed by atoms with Crippen LogP contribution in [0.3, 0.4) is 0 Å². The monoisotopic (exact) mass is 381 g/mol. The molecule has 0 aliphatic rings. The number of carbonyl (C=O) groups is 2. The highest BCUT2D eigenvalue weighted by Gasteiger charge is 2.11. The number of carbonyl (C=O) groups excluding carboxylic acids is 2. The Morgan fingerprint density at radius 3 is 2.82 bits per heavy atom. The molecule has 0 radical (unpaired) electrons. The second-order valence-corrected chi connectivity index (χ2v) is 6.67. The molecule has 116 valence electrons. The van der Waals surface area contributed by atoms with Crippen molar-refractivity contribution in [3.8, 4) is 10.6 Å². The van der Waals surface area contributed by atoms with Crippen molar-refractivity contribution >= 4 is 39.1 Å². The zero-order valence-electron chi connectivity index (χ0n) is 12.3. The summed E-state index contributed by atoms with van der Waals surface area (Å²) < 4.78 is 0.988. The van der Waals surface area contributed by atoms with Crippen LogP contribution in [0.4, 0.5) is 0 Å². The Labute approximate surface area is 141 Å². The van der Waals surface area contributed by atoms with Gasteiger partial charge in [-0.1, -0.05) is 28.1 Å². The summed E-state index contributed by atoms with van der Waals surface area (Å²) in [6, 6.07) is 7.86. The molecule has 2 aromatic rings. The van der Waals surface area contributed by atoms with Gasteiger partial charge in [0.15, 0.2) is 0 Å². The van der Waals surface area contributed by atoms with Gasteiger partial charge in [0.1, 0.15) is 5.01 Å². The number of likely N-dealkylation sites (N-methyl/N-ethyl adjacent to an activating group) is 1. The zero-order chi connectivity index (χ0) is 16.1. The SMILES string of the molecule is CN(C)C(=O)CNC(=O)Cc1csc(-c2cccc(Br)c2)n1. The summed E-state index contributed by atoms with van der Waals surface area (Å²) in [5.41, 5.74) is 1.71. The van der Waals surface area contributed by atoms with Gasteiger partial charge in [0, 0.05) is 29.5 Å². The van der Waals surface area contributed by atoms with Crippen LogP contribution >= 0.6 is 27.3 Å². The first-order valence-corrected chi connectivity index (χ1v) is 8.30. The lowest BCUT2D eigenvalue weighted by atomic mass is 10.2. The summed E-state index contributed by atoms with van der Waals surface area (Å²) in [6.07, 6.45) is 0.172. The number of benzene rings is 1. The van der Waals surface area contributed by atoms with Crippen molar-refractivity contribution in [2.45, 2.75) is 6.42 Å². The standard InChI is InChI=1S/C15H16BrN3O2S/c1-19(2)14(21)8-17-13(20)7-12-9-22-15(18-12)10-4-3-5-11(16)6-10/h3-6,9H,7-8H2,1-2H3,(H,17,20). The first-order chi connectivity index (χ1) is 10.5. The van der Waals surface area contributed by atoms with Crippen LogP contribution in [-0.4, -0.2) is 42.3 Å². The van der Waals surface area contributed by atoms with Crippen molar-refractivity contribution in [1.82, 2.24) is 15.2 Å². The van der Waals surface area contributed by atoms with E-state index in [0.29, 0.717) is 5.69 Å². The van der Waals surface area contributed by atoms with Crippen molar-refractivity contribution in [2.24, 2.45) is 0 Å². The number of nitrogens with zero attached hydrogens (tertiary/aromatic N) is 2. The first kappa shape index (κ1) is 16.6. The summed E-state index contributed by atoms with van der Waals surface area (Å²) in [5.74, 6) is -0.345. The van der Waals surface area contributed by atoms with Crippen molar-refractivity contribution in [2.75, 3.05) is 20.6 Å². The number of hydrogen-bond donors (Lipinski definition) is 1. The molecule has 2 rings (SSSR count). The van der Waals surface area contributed by atoms with Gasteiger partial charge < -0.3 is 10.2 Å². The highest BCUT2D eigenvalue weighted by Crippen LogP contribution is 2.26. The smallest absolute Gasteiger partial charge is 0.241 e. The topological polar surface area (TPSA) is 62.3 Å². The fraction of sp³-hybridized carbons (Fsp3) is 0.267. The summed E-state index contributed by atoms with van der Waals surface area (Å²) >= 11 is 4.92. The number of rotatable bonds is 5. The molecule has 0 spiro atoms. The fourth-order valence-corrected chi connectivity index (χ4v) is 2.92. The first-order valence-electron chi connectivity index (χ1n) is 6.63. The Morgan fingerprint density at radius 1 is 1.36 bits per heavy atom. The van der Waals surface area contributed by atoms with Gasteiger partial charge in [-0.15, -0.1) is 11.3 Å². The van der Waals surface area contributed by atoms with Gasteiger partial charge in [-0.2, -0.15) is 0 Å². The highest BCUT2D eigenvalue weighted by atomic mass is 79.9. The zero-order valence-corrected chi connectivity index (χ0v) is 14.7. The van der Waals surface area contributed by atoms with E-state index in [2.05, 4.69) is 26.2 Å². The number of halogens is 1.